The Bertz CT molecular complexity index is 2110. The van der Waals surface area contributed by atoms with Crippen molar-refractivity contribution in [2.24, 2.45) is 17.8 Å². The highest BCUT2D eigenvalue weighted by molar-refractivity contribution is 9.10. The summed E-state index contributed by atoms with van der Waals surface area (Å²) in [5, 5.41) is 0. The van der Waals surface area contributed by atoms with Crippen molar-refractivity contribution in [1.29, 1.82) is 0 Å². The van der Waals surface area contributed by atoms with Gasteiger partial charge in [-0.25, -0.2) is 26.2 Å². The quantitative estimate of drug-likeness (QED) is 0.168. The van der Waals surface area contributed by atoms with E-state index in [0.29, 0.717) is 23.9 Å². The van der Waals surface area contributed by atoms with Crippen molar-refractivity contribution in [2.75, 3.05) is 47.1 Å². The minimum Gasteiger partial charge on any atom is -0.382 e. The normalized spacial score (nSPS) is 37.9. The van der Waals surface area contributed by atoms with Crippen LogP contribution in [0.5, 0.6) is 0 Å². The summed E-state index contributed by atoms with van der Waals surface area (Å²) in [4.78, 5) is 0.433. The van der Waals surface area contributed by atoms with Crippen LogP contribution in [-0.2, 0) is 61.5 Å². The maximum atomic E-state index is 13.4. The van der Waals surface area contributed by atoms with Crippen LogP contribution in [-0.4, -0.2) is 138 Å². The zero-order valence-electron chi connectivity index (χ0n) is 36.7. The van der Waals surface area contributed by atoms with Gasteiger partial charge < -0.3 is 41.8 Å². The predicted octanol–water partition coefficient (Wildman–Crippen LogP) is 7.86. The molecule has 0 radical (unpaired) electrons. The molecule has 63 heavy (non-hydrogen) atoms. The van der Waals surface area contributed by atoms with E-state index >= 15 is 0 Å². The van der Waals surface area contributed by atoms with Gasteiger partial charge in [-0.1, -0.05) is 66.5 Å². The fourth-order valence-electron chi connectivity index (χ4n) is 9.93. The van der Waals surface area contributed by atoms with Gasteiger partial charge in [0, 0.05) is 54.3 Å². The number of sulfone groups is 2. The van der Waals surface area contributed by atoms with Gasteiger partial charge in [0.05, 0.1) is 41.8 Å². The maximum Gasteiger partial charge on any atom is 0.259 e. The molecule has 7 aliphatic rings. The Morgan fingerprint density at radius 2 is 1.27 bits per heavy atom. The fourth-order valence-corrected chi connectivity index (χ4v) is 18.3. The first-order valence-electron chi connectivity index (χ1n) is 21.7. The highest BCUT2D eigenvalue weighted by Crippen LogP contribution is 2.61. The SMILES string of the molecule is COC[C@H]1O[C@@H](S(=O)(=O)c2ccc(Br)cc2)[C@@H](C)C1OP1OC(C(C)C)[C@@H]2CCCN21.COC[C@]12CO[C@@H](C1OP1OC(C(C)C)C3CCCN31)[C@H](S(=O)(=O)c1ccc(Br)cc1)O2. The lowest BCUT2D eigenvalue weighted by atomic mass is 9.99. The second-order valence-corrected chi connectivity index (χ2v) is 26.8. The van der Waals surface area contributed by atoms with Gasteiger partial charge in [-0.2, -0.15) is 0 Å². The van der Waals surface area contributed by atoms with E-state index < -0.39 is 77.6 Å². The molecule has 21 heteroatoms. The molecule has 0 amide bonds. The van der Waals surface area contributed by atoms with Crippen LogP contribution in [0.2, 0.25) is 0 Å². The summed E-state index contributed by atoms with van der Waals surface area (Å²) in [5.41, 5.74) is -3.14. The van der Waals surface area contributed by atoms with Crippen LogP contribution in [0, 0.1) is 17.8 Å². The van der Waals surface area contributed by atoms with Crippen molar-refractivity contribution in [3.8, 4) is 0 Å². The van der Waals surface area contributed by atoms with E-state index in [2.05, 4.69) is 68.9 Å². The lowest BCUT2D eigenvalue weighted by molar-refractivity contribution is -0.140. The summed E-state index contributed by atoms with van der Waals surface area (Å²) in [7, 11) is -6.90. The third-order valence-corrected chi connectivity index (χ3v) is 21.6. The van der Waals surface area contributed by atoms with Crippen LogP contribution < -0.4 is 0 Å². The zero-order chi connectivity index (χ0) is 45.0. The smallest absolute Gasteiger partial charge is 0.259 e. The first-order valence-corrected chi connectivity index (χ1v) is 28.7. The minimum absolute atomic E-state index is 0.116. The third kappa shape index (κ3) is 9.56. The molecule has 0 aliphatic carbocycles. The Hall–Kier alpha value is -0.280. The van der Waals surface area contributed by atoms with Gasteiger partial charge in [0.2, 0.25) is 19.7 Å². The molecule has 7 aliphatic heterocycles. The van der Waals surface area contributed by atoms with Crippen LogP contribution in [0.3, 0.4) is 0 Å². The van der Waals surface area contributed by atoms with E-state index in [4.69, 9.17) is 41.8 Å². The van der Waals surface area contributed by atoms with E-state index in [0.717, 1.165) is 47.7 Å². The van der Waals surface area contributed by atoms with Crippen LogP contribution in [0.1, 0.15) is 60.3 Å². The van der Waals surface area contributed by atoms with Gasteiger partial charge in [-0.15, -0.1) is 0 Å². The molecule has 0 spiro atoms. The van der Waals surface area contributed by atoms with E-state index in [1.165, 1.54) is 0 Å². The summed E-state index contributed by atoms with van der Waals surface area (Å²) >= 11 is 6.70. The molecule has 7 unspecified atom stereocenters. The molecule has 0 saturated carbocycles. The molecule has 2 aromatic rings. The van der Waals surface area contributed by atoms with Gasteiger partial charge >= 0.3 is 0 Å². The van der Waals surface area contributed by atoms with Crippen LogP contribution in [0.25, 0.3) is 0 Å². The first-order chi connectivity index (χ1) is 30.0. The number of rotatable bonds is 14. The van der Waals surface area contributed by atoms with Gasteiger partial charge in [-0.3, -0.25) is 0 Å². The highest BCUT2D eigenvalue weighted by Gasteiger charge is 2.67. The Kier molecular flexibility index (Phi) is 15.6. The van der Waals surface area contributed by atoms with Crippen LogP contribution >= 0.6 is 48.9 Å². The number of nitrogens with zero attached hydrogens (tertiary/aromatic N) is 2. The second kappa shape index (κ2) is 20.0. The van der Waals surface area contributed by atoms with E-state index in [1.54, 1.807) is 62.8 Å². The van der Waals surface area contributed by atoms with Gasteiger partial charge in [-0.05, 0) is 86.1 Å². The monoisotopic (exact) mass is 1080 g/mol. The van der Waals surface area contributed by atoms with E-state index in [-0.39, 0.29) is 47.7 Å². The molecule has 7 heterocycles. The number of benzene rings is 2. The largest absolute Gasteiger partial charge is 0.382 e. The predicted molar refractivity (Wildman–Crippen MR) is 244 cm³/mol. The Balaban J connectivity index is 0.000000173. The van der Waals surface area contributed by atoms with Crippen molar-refractivity contribution >= 4 is 68.6 Å². The van der Waals surface area contributed by atoms with E-state index in [9.17, 15) is 16.8 Å². The molecule has 7 saturated heterocycles. The third-order valence-electron chi connectivity index (χ3n) is 13.1. The molecular formula is C42H60Br2N2O13P2S2. The molecule has 0 aromatic heterocycles. The maximum absolute atomic E-state index is 13.4. The summed E-state index contributed by atoms with van der Waals surface area (Å²) in [6, 6.07) is 13.9. The highest BCUT2D eigenvalue weighted by atomic mass is 79.9. The number of hydrogen-bond donors (Lipinski definition) is 0. The van der Waals surface area contributed by atoms with Crippen molar-refractivity contribution in [3.63, 3.8) is 0 Å². The van der Waals surface area contributed by atoms with Crippen LogP contribution in [0.4, 0.5) is 0 Å². The van der Waals surface area contributed by atoms with Crippen LogP contribution in [0.15, 0.2) is 67.3 Å². The van der Waals surface area contributed by atoms with Crippen molar-refractivity contribution < 1.29 is 58.6 Å². The average molecular weight is 1090 g/mol. The number of halogens is 2. The summed E-state index contributed by atoms with van der Waals surface area (Å²) in [6.07, 6.45) is 2.50. The lowest BCUT2D eigenvalue weighted by Crippen LogP contribution is -2.46. The fraction of sp³-hybridized carbons (Fsp3) is 0.714. The molecule has 352 valence electrons. The molecule has 15 nitrogen and oxygen atoms in total. The number of methoxy groups -OCH3 is 2. The number of hydrogen-bond acceptors (Lipinski definition) is 15. The lowest BCUT2D eigenvalue weighted by Gasteiger charge is -2.31. The molecule has 9 rings (SSSR count). The van der Waals surface area contributed by atoms with Crippen molar-refractivity contribution in [3.05, 3.63) is 57.5 Å². The standard InChI is InChI=1S/C21H29BrNO7PS.C21H31BrNO6PS/c1-13(2)17-16-5-4-10-23(16)31(29-17)30-19-18-20(28-21(19,11-26-3)12-27-18)32(24,25)15-8-6-14(22)7-9-15;1-13(2)19-17-6-5-11-23(17)30(28-19)29-20-14(3)21(27-18(20)12-26-4)31(24,25)16-9-7-15(22)8-10-16/h6-9,13,16-20H,4-5,10-12H2,1-3H3;7-10,13-14,17-21H,5-6,11-12H2,1-4H3/t16?,17?,18-,19?,20-,21-,31?;14-,17-,18+,19?,20?,21-,30?/m00/s1. The van der Waals surface area contributed by atoms with Gasteiger partial charge in [0.15, 0.2) is 10.9 Å². The minimum atomic E-state index is -3.80. The summed E-state index contributed by atoms with van der Waals surface area (Å²) < 4.78 is 115. The molecular weight excluding hydrogens is 1030 g/mol. The Morgan fingerprint density at radius 1 is 0.762 bits per heavy atom. The van der Waals surface area contributed by atoms with Crippen molar-refractivity contribution in [1.82, 2.24) is 9.34 Å². The Labute approximate surface area is 391 Å². The van der Waals surface area contributed by atoms with Crippen molar-refractivity contribution in [2.45, 2.75) is 135 Å². The summed E-state index contributed by atoms with van der Waals surface area (Å²) in [5.74, 6) is 0.418. The first kappa shape index (κ1) is 49.2. The molecule has 14 atom stereocenters. The number of ether oxygens (including phenoxy) is 5. The zero-order valence-corrected chi connectivity index (χ0v) is 43.3. The molecule has 2 bridgehead atoms. The molecule has 7 fully saturated rings. The molecule has 2 aromatic carbocycles. The average Bonchev–Trinajstić information content (AvgIpc) is 4.11. The Morgan fingerprint density at radius 3 is 1.76 bits per heavy atom. The van der Waals surface area contributed by atoms with Gasteiger partial charge in [0.1, 0.15) is 30.0 Å². The topological polar surface area (TPSA) is 158 Å². The second-order valence-electron chi connectivity index (χ2n) is 18.1. The number of fused-ring (bicyclic) bond motifs is 4. The summed E-state index contributed by atoms with van der Waals surface area (Å²) in [6.45, 7) is 13.1. The molecule has 0 N–H and O–H groups in total. The van der Waals surface area contributed by atoms with Gasteiger partial charge in [0.25, 0.3) is 17.1 Å². The van der Waals surface area contributed by atoms with E-state index in [1.807, 2.05) is 6.92 Å².